The van der Waals surface area contributed by atoms with Gasteiger partial charge in [-0.3, -0.25) is 0 Å². The summed E-state index contributed by atoms with van der Waals surface area (Å²) in [6.45, 7) is 1.64. The molecule has 1 aliphatic rings. The molecule has 0 saturated heterocycles. The molecule has 0 amide bonds. The fourth-order valence-corrected chi connectivity index (χ4v) is 4.59. The van der Waals surface area contributed by atoms with Gasteiger partial charge < -0.3 is 11.5 Å². The molecule has 1 saturated carbocycles. The summed E-state index contributed by atoms with van der Waals surface area (Å²) >= 11 is 0. The molecule has 0 radical (unpaired) electrons. The Hall–Kier alpha value is -0.980. The molecular weight excluding hydrogens is 255 g/mol. The average molecular weight is 272 g/mol. The molecule has 1 aromatic rings. The second-order valence-corrected chi connectivity index (χ2v) is 7.13. The van der Waals surface area contributed by atoms with E-state index in [9.17, 15) is 12.8 Å². The maximum Gasteiger partial charge on any atom is 0.155 e. The highest BCUT2D eigenvalue weighted by Gasteiger charge is 2.67. The third kappa shape index (κ3) is 1.94. The van der Waals surface area contributed by atoms with E-state index in [0.717, 1.165) is 0 Å². The maximum absolute atomic E-state index is 13.2. The molecule has 0 heterocycles. The lowest BCUT2D eigenvalue weighted by atomic mass is 10.1. The summed E-state index contributed by atoms with van der Waals surface area (Å²) in [5, 5.41) is -0.707. The van der Waals surface area contributed by atoms with Crippen LogP contribution in [0, 0.1) is 5.82 Å². The van der Waals surface area contributed by atoms with Crippen molar-refractivity contribution in [3.05, 3.63) is 35.6 Å². The third-order valence-corrected chi connectivity index (χ3v) is 5.94. The van der Waals surface area contributed by atoms with Crippen LogP contribution in [0.4, 0.5) is 4.39 Å². The first-order valence-corrected chi connectivity index (χ1v) is 7.54. The van der Waals surface area contributed by atoms with E-state index >= 15 is 0 Å². The van der Waals surface area contributed by atoms with Crippen LogP contribution in [0.5, 0.6) is 0 Å². The summed E-state index contributed by atoms with van der Waals surface area (Å²) in [5.41, 5.74) is 11.3. The zero-order chi connectivity index (χ0) is 13.6. The fourth-order valence-electron chi connectivity index (χ4n) is 2.57. The molecule has 18 heavy (non-hydrogen) atoms. The van der Waals surface area contributed by atoms with Crippen molar-refractivity contribution >= 4 is 9.84 Å². The van der Waals surface area contributed by atoms with Gasteiger partial charge in [-0.2, -0.15) is 0 Å². The predicted octanol–water partition coefficient (Wildman–Crippen LogP) is 0.382. The molecule has 2 rings (SSSR count). The molecule has 4 N–H and O–H groups in total. The lowest BCUT2D eigenvalue weighted by Gasteiger charge is -2.07. The highest BCUT2D eigenvalue weighted by molar-refractivity contribution is 7.92. The lowest BCUT2D eigenvalue weighted by Crippen LogP contribution is -2.39. The summed E-state index contributed by atoms with van der Waals surface area (Å²) < 4.78 is 37.1. The van der Waals surface area contributed by atoms with E-state index in [4.69, 9.17) is 11.5 Å². The SMILES string of the molecule is CCS(=O)(=O)[C@@H]1[C@@H](c2cccc(F)c2)[C@]1(N)CN. The Labute approximate surface area is 106 Å². The van der Waals surface area contributed by atoms with Crippen LogP contribution in [0.1, 0.15) is 18.4 Å². The summed E-state index contributed by atoms with van der Waals surface area (Å²) in [6, 6.07) is 5.88. The van der Waals surface area contributed by atoms with Gasteiger partial charge in [0.25, 0.3) is 0 Å². The van der Waals surface area contributed by atoms with Crippen LogP contribution in [0.2, 0.25) is 0 Å². The molecule has 0 bridgehead atoms. The second-order valence-electron chi connectivity index (χ2n) is 4.72. The normalized spacial score (nSPS) is 31.3. The van der Waals surface area contributed by atoms with Gasteiger partial charge in [0.15, 0.2) is 9.84 Å². The van der Waals surface area contributed by atoms with Crippen LogP contribution in [0.25, 0.3) is 0 Å². The third-order valence-electron chi connectivity index (χ3n) is 3.65. The molecule has 0 unspecified atom stereocenters. The zero-order valence-corrected chi connectivity index (χ0v) is 11.0. The van der Waals surface area contributed by atoms with E-state index in [1.54, 1.807) is 19.1 Å². The van der Waals surface area contributed by atoms with Gasteiger partial charge in [0.05, 0.1) is 10.8 Å². The minimum Gasteiger partial charge on any atom is -0.329 e. The minimum absolute atomic E-state index is 0.0163. The monoisotopic (exact) mass is 272 g/mol. The van der Waals surface area contributed by atoms with E-state index in [2.05, 4.69) is 0 Å². The Morgan fingerprint density at radius 2 is 2.11 bits per heavy atom. The van der Waals surface area contributed by atoms with Crippen molar-refractivity contribution in [1.29, 1.82) is 0 Å². The number of hydrogen-bond donors (Lipinski definition) is 2. The average Bonchev–Trinajstić information content (AvgIpc) is 2.98. The molecule has 100 valence electrons. The fraction of sp³-hybridized carbons (Fsp3) is 0.500. The molecule has 4 nitrogen and oxygen atoms in total. The largest absolute Gasteiger partial charge is 0.329 e. The van der Waals surface area contributed by atoms with Crippen LogP contribution in [-0.4, -0.2) is 31.5 Å². The van der Waals surface area contributed by atoms with Gasteiger partial charge >= 0.3 is 0 Å². The van der Waals surface area contributed by atoms with Gasteiger partial charge in [0.1, 0.15) is 5.82 Å². The standard InChI is InChI=1S/C12H17FN2O2S/c1-2-18(16,17)11-10(12(11,15)7-14)8-4-3-5-9(13)6-8/h3-6,10-11H,2,7,14-15H2,1H3/t10-,11-,12-/m1/s1. The highest BCUT2D eigenvalue weighted by atomic mass is 32.2. The number of hydrogen-bond acceptors (Lipinski definition) is 4. The van der Waals surface area contributed by atoms with Crippen molar-refractivity contribution in [3.63, 3.8) is 0 Å². The Bertz CT molecular complexity index is 561. The van der Waals surface area contributed by atoms with Gasteiger partial charge in [0, 0.05) is 18.2 Å². The van der Waals surface area contributed by atoms with Crippen LogP contribution >= 0.6 is 0 Å². The van der Waals surface area contributed by atoms with E-state index in [-0.39, 0.29) is 12.3 Å². The lowest BCUT2D eigenvalue weighted by molar-refractivity contribution is 0.587. The van der Waals surface area contributed by atoms with Crippen molar-refractivity contribution in [3.8, 4) is 0 Å². The Morgan fingerprint density at radius 3 is 2.61 bits per heavy atom. The van der Waals surface area contributed by atoms with Gasteiger partial charge in [-0.25, -0.2) is 12.8 Å². The molecule has 1 aromatic carbocycles. The van der Waals surface area contributed by atoms with E-state index < -0.39 is 32.4 Å². The number of halogens is 1. The molecule has 3 atom stereocenters. The van der Waals surface area contributed by atoms with Gasteiger partial charge in [-0.05, 0) is 17.7 Å². The Balaban J connectivity index is 2.40. The maximum atomic E-state index is 13.2. The van der Waals surface area contributed by atoms with Crippen LogP contribution < -0.4 is 11.5 Å². The van der Waals surface area contributed by atoms with Gasteiger partial charge in [0.2, 0.25) is 0 Å². The highest BCUT2D eigenvalue weighted by Crippen LogP contribution is 2.53. The van der Waals surface area contributed by atoms with E-state index in [1.165, 1.54) is 12.1 Å². The Morgan fingerprint density at radius 1 is 1.44 bits per heavy atom. The second kappa shape index (κ2) is 4.29. The van der Waals surface area contributed by atoms with E-state index in [0.29, 0.717) is 5.56 Å². The molecular formula is C12H17FN2O2S. The number of sulfone groups is 1. The summed E-state index contributed by atoms with van der Waals surface area (Å²) in [5.74, 6) is -0.794. The van der Waals surface area contributed by atoms with Crippen LogP contribution in [0.15, 0.2) is 24.3 Å². The summed E-state index contributed by atoms with van der Waals surface area (Å²) in [7, 11) is -3.28. The molecule has 1 aliphatic carbocycles. The van der Waals surface area contributed by atoms with Crippen molar-refractivity contribution < 1.29 is 12.8 Å². The zero-order valence-electron chi connectivity index (χ0n) is 10.1. The van der Waals surface area contributed by atoms with Crippen molar-refractivity contribution in [2.45, 2.75) is 23.6 Å². The van der Waals surface area contributed by atoms with Crippen molar-refractivity contribution in [2.75, 3.05) is 12.3 Å². The van der Waals surface area contributed by atoms with Crippen LogP contribution in [0.3, 0.4) is 0 Å². The molecule has 0 spiro atoms. The van der Waals surface area contributed by atoms with Gasteiger partial charge in [-0.1, -0.05) is 19.1 Å². The first-order valence-electron chi connectivity index (χ1n) is 5.83. The molecule has 0 aliphatic heterocycles. The van der Waals surface area contributed by atoms with E-state index in [1.807, 2.05) is 0 Å². The quantitative estimate of drug-likeness (QED) is 0.830. The summed E-state index contributed by atoms with van der Waals surface area (Å²) in [4.78, 5) is 0. The van der Waals surface area contributed by atoms with Crippen LogP contribution in [-0.2, 0) is 9.84 Å². The predicted molar refractivity (Wildman–Crippen MR) is 68.4 cm³/mol. The molecule has 6 heteroatoms. The molecule has 1 fully saturated rings. The topological polar surface area (TPSA) is 86.2 Å². The number of rotatable bonds is 4. The summed E-state index contributed by atoms with van der Waals surface area (Å²) in [6.07, 6.45) is 0. The first-order chi connectivity index (χ1) is 8.36. The first kappa shape index (κ1) is 13.5. The smallest absolute Gasteiger partial charge is 0.155 e. The Kier molecular flexibility index (Phi) is 3.21. The molecule has 0 aromatic heterocycles. The van der Waals surface area contributed by atoms with Crippen molar-refractivity contribution in [2.24, 2.45) is 11.5 Å². The number of nitrogens with two attached hydrogens (primary N) is 2. The van der Waals surface area contributed by atoms with Gasteiger partial charge in [-0.15, -0.1) is 0 Å². The number of benzene rings is 1. The van der Waals surface area contributed by atoms with Crippen molar-refractivity contribution in [1.82, 2.24) is 0 Å². The minimum atomic E-state index is -3.28.